The Balaban J connectivity index is 1.77. The van der Waals surface area contributed by atoms with Crippen LogP contribution in [0.2, 0.25) is 0 Å². The molecule has 188 valence electrons. The zero-order valence-corrected chi connectivity index (χ0v) is 22.4. The van der Waals surface area contributed by atoms with Crippen LogP contribution in [0, 0.1) is 13.8 Å². The zero-order chi connectivity index (χ0) is 25.5. The molecule has 0 spiro atoms. The van der Waals surface area contributed by atoms with Crippen LogP contribution in [-0.4, -0.2) is 28.1 Å². The van der Waals surface area contributed by atoms with Crippen molar-refractivity contribution in [3.05, 3.63) is 95.2 Å². The Morgan fingerprint density at radius 3 is 2.11 bits per heavy atom. The number of hydrogen-bond donors (Lipinski definition) is 0. The molecule has 0 bridgehead atoms. The summed E-state index contributed by atoms with van der Waals surface area (Å²) in [6, 6.07) is 25.6. The van der Waals surface area contributed by atoms with Crippen molar-refractivity contribution in [3.8, 4) is 28.4 Å². The number of unbranched alkanes of at least 4 members (excludes halogenated alkanes) is 1. The minimum atomic E-state index is 0.850. The topological polar surface area (TPSA) is 30.3 Å². The van der Waals surface area contributed by atoms with Gasteiger partial charge < -0.3 is 9.30 Å². The van der Waals surface area contributed by atoms with Crippen molar-refractivity contribution in [3.63, 3.8) is 0 Å². The molecular formula is C32H39N3O. The molecule has 4 heteroatoms. The van der Waals surface area contributed by atoms with Gasteiger partial charge in [-0.05, 0) is 56.5 Å². The van der Waals surface area contributed by atoms with E-state index in [9.17, 15) is 0 Å². The number of benzene rings is 3. The minimum absolute atomic E-state index is 0.850. The molecule has 1 aromatic heterocycles. The van der Waals surface area contributed by atoms with E-state index in [-0.39, 0.29) is 0 Å². The number of imidazole rings is 1. The minimum Gasteiger partial charge on any atom is -0.496 e. The zero-order valence-electron chi connectivity index (χ0n) is 22.4. The first-order valence-electron chi connectivity index (χ1n) is 13.1. The molecule has 1 heterocycles. The molecule has 0 fully saturated rings. The third kappa shape index (κ3) is 5.71. The Hall–Kier alpha value is -3.37. The Morgan fingerprint density at radius 1 is 0.833 bits per heavy atom. The lowest BCUT2D eigenvalue weighted by molar-refractivity contribution is 0.246. The van der Waals surface area contributed by atoms with Gasteiger partial charge >= 0.3 is 0 Å². The van der Waals surface area contributed by atoms with Crippen LogP contribution in [0.5, 0.6) is 5.75 Å². The molecule has 0 atom stereocenters. The van der Waals surface area contributed by atoms with Gasteiger partial charge in [-0.3, -0.25) is 4.90 Å². The van der Waals surface area contributed by atoms with E-state index in [0.29, 0.717) is 0 Å². The van der Waals surface area contributed by atoms with Crippen molar-refractivity contribution in [1.82, 2.24) is 14.5 Å². The Bertz CT molecular complexity index is 1260. The van der Waals surface area contributed by atoms with E-state index in [4.69, 9.17) is 9.72 Å². The number of methoxy groups -OCH3 is 1. The molecule has 0 aliphatic rings. The van der Waals surface area contributed by atoms with Crippen LogP contribution in [0.1, 0.15) is 49.1 Å². The maximum absolute atomic E-state index is 5.56. The van der Waals surface area contributed by atoms with Gasteiger partial charge in [-0.1, -0.05) is 80.1 Å². The third-order valence-electron chi connectivity index (χ3n) is 6.92. The van der Waals surface area contributed by atoms with E-state index in [0.717, 1.165) is 49.0 Å². The highest BCUT2D eigenvalue weighted by molar-refractivity contribution is 5.68. The van der Waals surface area contributed by atoms with Crippen LogP contribution in [0.25, 0.3) is 22.6 Å². The van der Waals surface area contributed by atoms with Crippen LogP contribution >= 0.6 is 0 Å². The van der Waals surface area contributed by atoms with E-state index in [1.807, 2.05) is 0 Å². The number of ether oxygens (including phenoxy) is 1. The van der Waals surface area contributed by atoms with Gasteiger partial charge in [0, 0.05) is 30.8 Å². The maximum Gasteiger partial charge on any atom is 0.140 e. The summed E-state index contributed by atoms with van der Waals surface area (Å²) in [6.45, 7) is 12.5. The van der Waals surface area contributed by atoms with Crippen molar-refractivity contribution in [2.24, 2.45) is 0 Å². The average Bonchev–Trinajstić information content (AvgIpc) is 3.28. The lowest BCUT2D eigenvalue weighted by Gasteiger charge is -2.25. The number of rotatable bonds is 11. The Labute approximate surface area is 216 Å². The quantitative estimate of drug-likeness (QED) is 0.220. The molecule has 0 N–H and O–H groups in total. The Kier molecular flexibility index (Phi) is 8.61. The van der Waals surface area contributed by atoms with Crippen molar-refractivity contribution in [1.29, 1.82) is 0 Å². The number of aromatic nitrogens is 2. The third-order valence-corrected chi connectivity index (χ3v) is 6.92. The normalized spacial score (nSPS) is 11.3. The van der Waals surface area contributed by atoms with E-state index in [1.54, 1.807) is 7.11 Å². The van der Waals surface area contributed by atoms with Gasteiger partial charge in [0.1, 0.15) is 11.6 Å². The predicted octanol–water partition coefficient (Wildman–Crippen LogP) is 7.66. The SMILES string of the molecule is CCCCN(Cc1cc(C)c(OC)cc1C)Cc1c(-c2ccccc2)nc(-c2ccccc2)n1CC. The summed E-state index contributed by atoms with van der Waals surface area (Å²) in [5.74, 6) is 2.00. The second-order valence-electron chi connectivity index (χ2n) is 9.52. The maximum atomic E-state index is 5.56. The number of hydrogen-bond acceptors (Lipinski definition) is 3. The van der Waals surface area contributed by atoms with Crippen molar-refractivity contribution in [2.45, 2.75) is 60.2 Å². The van der Waals surface area contributed by atoms with Crippen LogP contribution < -0.4 is 4.74 Å². The molecule has 0 unspecified atom stereocenters. The second-order valence-corrected chi connectivity index (χ2v) is 9.52. The van der Waals surface area contributed by atoms with Gasteiger partial charge in [-0.25, -0.2) is 4.98 Å². The lowest BCUT2D eigenvalue weighted by Crippen LogP contribution is -2.26. The molecule has 0 saturated heterocycles. The number of nitrogens with zero attached hydrogens (tertiary/aromatic N) is 3. The van der Waals surface area contributed by atoms with Crippen LogP contribution in [0.3, 0.4) is 0 Å². The lowest BCUT2D eigenvalue weighted by atomic mass is 10.0. The Morgan fingerprint density at radius 2 is 1.50 bits per heavy atom. The fourth-order valence-corrected chi connectivity index (χ4v) is 4.91. The summed E-state index contributed by atoms with van der Waals surface area (Å²) in [7, 11) is 1.75. The van der Waals surface area contributed by atoms with E-state index in [1.165, 1.54) is 40.8 Å². The molecule has 3 aromatic carbocycles. The molecule has 4 nitrogen and oxygen atoms in total. The predicted molar refractivity (Wildman–Crippen MR) is 150 cm³/mol. The van der Waals surface area contributed by atoms with Gasteiger partial charge in [0.25, 0.3) is 0 Å². The van der Waals surface area contributed by atoms with Crippen molar-refractivity contribution < 1.29 is 4.74 Å². The van der Waals surface area contributed by atoms with Crippen molar-refractivity contribution in [2.75, 3.05) is 13.7 Å². The summed E-state index contributed by atoms with van der Waals surface area (Å²) >= 11 is 0. The fraction of sp³-hybridized carbons (Fsp3) is 0.344. The first kappa shape index (κ1) is 25.7. The highest BCUT2D eigenvalue weighted by Crippen LogP contribution is 2.31. The largest absolute Gasteiger partial charge is 0.496 e. The van der Waals surface area contributed by atoms with Gasteiger partial charge in [0.15, 0.2) is 0 Å². The standard InChI is InChI=1S/C32H39N3O/c1-6-8-19-34(22-28-20-25(4)30(36-5)21-24(28)3)23-29-31(26-15-11-9-12-16-26)33-32(35(29)7-2)27-17-13-10-14-18-27/h9-18,20-21H,6-8,19,22-23H2,1-5H3. The van der Waals surface area contributed by atoms with Crippen LogP contribution in [-0.2, 0) is 19.6 Å². The smallest absolute Gasteiger partial charge is 0.140 e. The molecule has 0 saturated carbocycles. The molecule has 0 aliphatic carbocycles. The highest BCUT2D eigenvalue weighted by atomic mass is 16.5. The first-order valence-corrected chi connectivity index (χ1v) is 13.1. The van der Waals surface area contributed by atoms with E-state index < -0.39 is 0 Å². The second kappa shape index (κ2) is 12.0. The monoisotopic (exact) mass is 481 g/mol. The van der Waals surface area contributed by atoms with Crippen molar-refractivity contribution >= 4 is 0 Å². The van der Waals surface area contributed by atoms with E-state index >= 15 is 0 Å². The summed E-state index contributed by atoms with van der Waals surface area (Å²) in [5, 5.41) is 0. The molecule has 0 radical (unpaired) electrons. The fourth-order valence-electron chi connectivity index (χ4n) is 4.91. The molecule has 36 heavy (non-hydrogen) atoms. The van der Waals surface area contributed by atoms with Gasteiger partial charge in [0.2, 0.25) is 0 Å². The number of aryl methyl sites for hydroxylation is 2. The summed E-state index contributed by atoms with van der Waals surface area (Å²) in [4.78, 5) is 7.82. The molecule has 4 aromatic rings. The summed E-state index contributed by atoms with van der Waals surface area (Å²) < 4.78 is 7.97. The molecule has 0 amide bonds. The van der Waals surface area contributed by atoms with Crippen LogP contribution in [0.15, 0.2) is 72.8 Å². The van der Waals surface area contributed by atoms with Gasteiger partial charge in [0.05, 0.1) is 18.5 Å². The molecular weight excluding hydrogens is 442 g/mol. The molecule has 0 aliphatic heterocycles. The average molecular weight is 482 g/mol. The summed E-state index contributed by atoms with van der Waals surface area (Å²) in [5.41, 5.74) is 8.51. The highest BCUT2D eigenvalue weighted by Gasteiger charge is 2.21. The van der Waals surface area contributed by atoms with Crippen LogP contribution in [0.4, 0.5) is 0 Å². The van der Waals surface area contributed by atoms with Gasteiger partial charge in [-0.2, -0.15) is 0 Å². The van der Waals surface area contributed by atoms with Gasteiger partial charge in [-0.15, -0.1) is 0 Å². The first-order chi connectivity index (χ1) is 17.5. The van der Waals surface area contributed by atoms with E-state index in [2.05, 4.69) is 110 Å². The summed E-state index contributed by atoms with van der Waals surface area (Å²) in [6.07, 6.45) is 2.34. The molecule has 4 rings (SSSR count).